The predicted molar refractivity (Wildman–Crippen MR) is 87.0 cm³/mol. The lowest BCUT2D eigenvalue weighted by Gasteiger charge is -2.12. The molecule has 0 saturated heterocycles. The molecule has 0 amide bonds. The summed E-state index contributed by atoms with van der Waals surface area (Å²) in [6, 6.07) is 5.30. The van der Waals surface area contributed by atoms with Crippen molar-refractivity contribution < 1.29 is 8.42 Å². The van der Waals surface area contributed by atoms with E-state index in [0.717, 1.165) is 23.0 Å². The van der Waals surface area contributed by atoms with Gasteiger partial charge in [-0.3, -0.25) is 9.82 Å². The van der Waals surface area contributed by atoms with Crippen LogP contribution in [0.5, 0.6) is 0 Å². The standard InChI is InChI=1S/C14H18BrN3O2S/c1-4-5-12-8-13(17-16-12)18-21(19,20)14-9(2)6-11(15)7-10(14)3/h6-8H,4-5H2,1-3H3,(H2,16,17,18). The van der Waals surface area contributed by atoms with Gasteiger partial charge in [-0.25, -0.2) is 8.42 Å². The normalized spacial score (nSPS) is 11.6. The van der Waals surface area contributed by atoms with Crippen LogP contribution in [0.1, 0.15) is 30.2 Å². The van der Waals surface area contributed by atoms with Gasteiger partial charge >= 0.3 is 0 Å². The fraction of sp³-hybridized carbons (Fsp3) is 0.357. The second-order valence-corrected chi connectivity index (χ2v) is 7.54. The van der Waals surface area contributed by atoms with Gasteiger partial charge in [-0.2, -0.15) is 5.10 Å². The third-order valence-electron chi connectivity index (χ3n) is 3.08. The van der Waals surface area contributed by atoms with E-state index in [1.54, 1.807) is 32.0 Å². The molecular weight excluding hydrogens is 354 g/mol. The van der Waals surface area contributed by atoms with Crippen molar-refractivity contribution in [1.29, 1.82) is 0 Å². The topological polar surface area (TPSA) is 74.8 Å². The fourth-order valence-electron chi connectivity index (χ4n) is 2.32. The van der Waals surface area contributed by atoms with E-state index in [-0.39, 0.29) is 0 Å². The van der Waals surface area contributed by atoms with Crippen LogP contribution in [-0.4, -0.2) is 18.6 Å². The molecule has 0 saturated carbocycles. The summed E-state index contributed by atoms with van der Waals surface area (Å²) < 4.78 is 28.5. The number of hydrogen-bond acceptors (Lipinski definition) is 3. The highest BCUT2D eigenvalue weighted by molar-refractivity contribution is 9.10. The first-order chi connectivity index (χ1) is 9.83. The highest BCUT2D eigenvalue weighted by atomic mass is 79.9. The summed E-state index contributed by atoms with van der Waals surface area (Å²) in [6.45, 7) is 5.61. The Morgan fingerprint density at radius 3 is 2.43 bits per heavy atom. The number of rotatable bonds is 5. The number of benzene rings is 1. The first-order valence-corrected chi connectivity index (χ1v) is 8.95. The lowest BCUT2D eigenvalue weighted by molar-refractivity contribution is 0.599. The minimum atomic E-state index is -3.65. The Hall–Kier alpha value is -1.34. The molecule has 0 aliphatic heterocycles. The van der Waals surface area contributed by atoms with Crippen molar-refractivity contribution in [2.45, 2.75) is 38.5 Å². The number of anilines is 1. The summed E-state index contributed by atoms with van der Waals surface area (Å²) in [6.07, 6.45) is 1.81. The molecule has 114 valence electrons. The Morgan fingerprint density at radius 2 is 1.86 bits per heavy atom. The Morgan fingerprint density at radius 1 is 1.24 bits per heavy atom. The van der Waals surface area contributed by atoms with Crippen LogP contribution in [0.3, 0.4) is 0 Å². The number of aryl methyl sites for hydroxylation is 3. The van der Waals surface area contributed by atoms with Gasteiger partial charge in [0.2, 0.25) is 0 Å². The smallest absolute Gasteiger partial charge is 0.263 e. The highest BCUT2D eigenvalue weighted by Gasteiger charge is 2.21. The van der Waals surface area contributed by atoms with Crippen molar-refractivity contribution in [1.82, 2.24) is 10.2 Å². The maximum atomic E-state index is 12.5. The molecule has 21 heavy (non-hydrogen) atoms. The predicted octanol–water partition coefficient (Wildman–Crippen LogP) is 3.54. The Bertz CT molecular complexity index is 730. The van der Waals surface area contributed by atoms with Crippen LogP contribution in [0.25, 0.3) is 0 Å². The zero-order valence-electron chi connectivity index (χ0n) is 12.2. The number of nitrogens with zero attached hydrogens (tertiary/aromatic N) is 1. The lowest BCUT2D eigenvalue weighted by Crippen LogP contribution is -2.16. The van der Waals surface area contributed by atoms with E-state index in [4.69, 9.17) is 0 Å². The average Bonchev–Trinajstić information content (AvgIpc) is 2.74. The Kier molecular flexibility index (Phi) is 4.73. The molecule has 2 aromatic rings. The van der Waals surface area contributed by atoms with Crippen LogP contribution in [0.2, 0.25) is 0 Å². The number of halogens is 1. The van der Waals surface area contributed by atoms with Crippen molar-refractivity contribution in [3.8, 4) is 0 Å². The van der Waals surface area contributed by atoms with E-state index < -0.39 is 10.0 Å². The monoisotopic (exact) mass is 371 g/mol. The lowest BCUT2D eigenvalue weighted by atomic mass is 10.2. The Labute approximate surface area is 133 Å². The third kappa shape index (κ3) is 3.65. The Balaban J connectivity index is 2.34. The van der Waals surface area contributed by atoms with Gasteiger partial charge in [-0.1, -0.05) is 29.3 Å². The van der Waals surface area contributed by atoms with Gasteiger partial charge in [0.05, 0.1) is 4.90 Å². The number of hydrogen-bond donors (Lipinski definition) is 2. The summed E-state index contributed by atoms with van der Waals surface area (Å²) >= 11 is 3.37. The maximum Gasteiger partial charge on any atom is 0.263 e. The third-order valence-corrected chi connectivity index (χ3v) is 5.20. The average molecular weight is 372 g/mol. The minimum Gasteiger partial charge on any atom is -0.280 e. The molecule has 0 fully saturated rings. The molecule has 7 heteroatoms. The largest absolute Gasteiger partial charge is 0.280 e. The SMILES string of the molecule is CCCc1cc(NS(=O)(=O)c2c(C)cc(Br)cc2C)n[nH]1. The van der Waals surface area contributed by atoms with Gasteiger partial charge in [0.25, 0.3) is 10.0 Å². The van der Waals surface area contributed by atoms with Crippen LogP contribution in [0.4, 0.5) is 5.82 Å². The zero-order chi connectivity index (χ0) is 15.6. The summed E-state index contributed by atoms with van der Waals surface area (Å²) in [5, 5.41) is 6.83. The number of aromatic amines is 1. The van der Waals surface area contributed by atoms with Crippen molar-refractivity contribution in [2.24, 2.45) is 0 Å². The van der Waals surface area contributed by atoms with E-state index in [0.29, 0.717) is 21.8 Å². The second kappa shape index (κ2) is 6.19. The molecule has 0 radical (unpaired) electrons. The van der Waals surface area contributed by atoms with Gasteiger partial charge in [0.15, 0.2) is 5.82 Å². The molecule has 0 unspecified atom stereocenters. The van der Waals surface area contributed by atoms with E-state index >= 15 is 0 Å². The maximum absolute atomic E-state index is 12.5. The van der Waals surface area contributed by atoms with Crippen LogP contribution in [-0.2, 0) is 16.4 Å². The molecule has 5 nitrogen and oxygen atoms in total. The molecular formula is C14H18BrN3O2S. The number of sulfonamides is 1. The van der Waals surface area contributed by atoms with Crippen LogP contribution in [0.15, 0.2) is 27.6 Å². The van der Waals surface area contributed by atoms with Gasteiger partial charge in [0, 0.05) is 16.2 Å². The van der Waals surface area contributed by atoms with Gasteiger partial charge in [-0.15, -0.1) is 0 Å². The number of nitrogens with one attached hydrogen (secondary N) is 2. The summed E-state index contributed by atoms with van der Waals surface area (Å²) in [5.74, 6) is 0.320. The van der Waals surface area contributed by atoms with Crippen LogP contribution in [0, 0.1) is 13.8 Å². The highest BCUT2D eigenvalue weighted by Crippen LogP contribution is 2.26. The van der Waals surface area contributed by atoms with E-state index in [9.17, 15) is 8.42 Å². The molecule has 0 aliphatic carbocycles. The van der Waals surface area contributed by atoms with Crippen molar-refractivity contribution in [2.75, 3.05) is 4.72 Å². The molecule has 0 bridgehead atoms. The molecule has 1 heterocycles. The summed E-state index contributed by atoms with van der Waals surface area (Å²) in [7, 11) is -3.65. The molecule has 1 aromatic carbocycles. The van der Waals surface area contributed by atoms with Crippen molar-refractivity contribution >= 4 is 31.8 Å². The molecule has 2 N–H and O–H groups in total. The van der Waals surface area contributed by atoms with Gasteiger partial charge in [0.1, 0.15) is 0 Å². The molecule has 0 atom stereocenters. The number of H-pyrrole nitrogens is 1. The molecule has 0 aliphatic rings. The summed E-state index contributed by atoms with van der Waals surface area (Å²) in [5.41, 5.74) is 2.30. The van der Waals surface area contributed by atoms with E-state index in [2.05, 4.69) is 37.8 Å². The quantitative estimate of drug-likeness (QED) is 0.843. The summed E-state index contributed by atoms with van der Waals surface area (Å²) in [4.78, 5) is 0.297. The van der Waals surface area contributed by atoms with Crippen LogP contribution >= 0.6 is 15.9 Å². The zero-order valence-corrected chi connectivity index (χ0v) is 14.6. The van der Waals surface area contributed by atoms with E-state index in [1.807, 2.05) is 0 Å². The molecule has 2 rings (SSSR count). The van der Waals surface area contributed by atoms with Crippen molar-refractivity contribution in [3.05, 3.63) is 39.5 Å². The second-order valence-electron chi connectivity index (χ2n) is 5.00. The minimum absolute atomic E-state index is 0.297. The first kappa shape index (κ1) is 16.0. The van der Waals surface area contributed by atoms with Crippen LogP contribution < -0.4 is 4.72 Å². The fourth-order valence-corrected chi connectivity index (χ4v) is 4.46. The number of aromatic nitrogens is 2. The van der Waals surface area contributed by atoms with Gasteiger partial charge in [-0.05, 0) is 43.5 Å². The van der Waals surface area contributed by atoms with E-state index in [1.165, 1.54) is 0 Å². The molecule has 1 aromatic heterocycles. The first-order valence-electron chi connectivity index (χ1n) is 6.67. The van der Waals surface area contributed by atoms with Crippen molar-refractivity contribution in [3.63, 3.8) is 0 Å². The van der Waals surface area contributed by atoms with Gasteiger partial charge < -0.3 is 0 Å². The molecule has 0 spiro atoms.